The van der Waals surface area contributed by atoms with Gasteiger partial charge in [-0.2, -0.15) is 23.3 Å². The zero-order chi connectivity index (χ0) is 21.1. The minimum atomic E-state index is -4.35. The maximum Gasteiger partial charge on any atom is 0.411 e. The van der Waals surface area contributed by atoms with Crippen molar-refractivity contribution in [3.63, 3.8) is 0 Å². The van der Waals surface area contributed by atoms with Crippen LogP contribution in [0.1, 0.15) is 30.9 Å². The molecule has 2 aliphatic rings. The van der Waals surface area contributed by atoms with Crippen LogP contribution in [0.15, 0.2) is 30.6 Å². The first-order chi connectivity index (χ1) is 14.4. The molecule has 0 radical (unpaired) electrons. The number of anilines is 1. The lowest BCUT2D eigenvalue weighted by molar-refractivity contribution is -0.174. The van der Waals surface area contributed by atoms with Gasteiger partial charge in [-0.05, 0) is 49.4 Å². The monoisotopic (exact) mass is 419 g/mol. The van der Waals surface area contributed by atoms with Crippen LogP contribution in [-0.2, 0) is 6.54 Å². The predicted octanol–water partition coefficient (Wildman–Crippen LogP) is 3.49. The van der Waals surface area contributed by atoms with Crippen molar-refractivity contribution in [2.75, 3.05) is 25.0 Å². The quantitative estimate of drug-likeness (QED) is 0.752. The van der Waals surface area contributed by atoms with Crippen LogP contribution >= 0.6 is 0 Å². The normalized spacial score (nSPS) is 24.5. The van der Waals surface area contributed by atoms with Crippen molar-refractivity contribution in [3.8, 4) is 18.1 Å². The zero-order valence-electron chi connectivity index (χ0n) is 16.5. The number of rotatable bonds is 5. The van der Waals surface area contributed by atoms with Crippen LogP contribution < -0.4 is 10.1 Å². The van der Waals surface area contributed by atoms with Crippen molar-refractivity contribution in [1.29, 1.82) is 0 Å². The molecule has 1 N–H and O–H groups in total. The Morgan fingerprint density at radius 3 is 3.00 bits per heavy atom. The number of alkyl halides is 3. The number of nitrogens with one attached hydrogen (secondary N) is 1. The van der Waals surface area contributed by atoms with Crippen LogP contribution in [0.25, 0.3) is 0 Å². The van der Waals surface area contributed by atoms with E-state index >= 15 is 0 Å². The van der Waals surface area contributed by atoms with E-state index < -0.39 is 12.2 Å². The summed E-state index contributed by atoms with van der Waals surface area (Å²) in [7, 11) is 0. The second-order valence-corrected chi connectivity index (χ2v) is 7.85. The third-order valence-electron chi connectivity index (χ3n) is 5.78. The minimum absolute atomic E-state index is 0.0339. The molecule has 1 saturated heterocycles. The summed E-state index contributed by atoms with van der Waals surface area (Å²) in [5.74, 6) is 3.47. The first-order valence-electron chi connectivity index (χ1n) is 10.0. The summed E-state index contributed by atoms with van der Waals surface area (Å²) in [5, 5.41) is 6.96. The van der Waals surface area contributed by atoms with Crippen LogP contribution in [0.5, 0.6) is 5.75 Å². The number of ether oxygens (including phenoxy) is 1. The topological polar surface area (TPSA) is 55.2 Å². The lowest BCUT2D eigenvalue weighted by Gasteiger charge is -2.41. The molecule has 0 amide bonds. The van der Waals surface area contributed by atoms with E-state index in [0.717, 1.165) is 48.5 Å². The van der Waals surface area contributed by atoms with Gasteiger partial charge in [0.1, 0.15) is 18.7 Å². The molecule has 2 aliphatic heterocycles. The number of halogens is 3. The number of nitrogens with zero attached hydrogens (tertiary/aromatic N) is 4. The van der Waals surface area contributed by atoms with Gasteiger partial charge in [0.15, 0.2) is 6.04 Å². The smallest absolute Gasteiger partial charge is 0.411 e. The SMILES string of the molecule is C#CCOc1cccc(CN2CCCC([C@@H]3C[C@H](C(F)(F)F)n4ncnc4N3)C2)c1. The van der Waals surface area contributed by atoms with Gasteiger partial charge in [-0.3, -0.25) is 4.90 Å². The maximum absolute atomic E-state index is 13.6. The van der Waals surface area contributed by atoms with Gasteiger partial charge in [0, 0.05) is 19.1 Å². The molecule has 6 nitrogen and oxygen atoms in total. The van der Waals surface area contributed by atoms with Crippen LogP contribution in [-0.4, -0.2) is 51.6 Å². The first-order valence-corrected chi connectivity index (χ1v) is 10.0. The van der Waals surface area contributed by atoms with Crippen molar-refractivity contribution in [1.82, 2.24) is 19.7 Å². The van der Waals surface area contributed by atoms with E-state index in [4.69, 9.17) is 11.2 Å². The van der Waals surface area contributed by atoms with Gasteiger partial charge in [-0.1, -0.05) is 18.1 Å². The number of hydrogen-bond donors (Lipinski definition) is 1. The zero-order valence-corrected chi connectivity index (χ0v) is 16.5. The van der Waals surface area contributed by atoms with E-state index in [1.165, 1.54) is 6.33 Å². The number of hydrogen-bond acceptors (Lipinski definition) is 5. The van der Waals surface area contributed by atoms with Gasteiger partial charge < -0.3 is 10.1 Å². The highest BCUT2D eigenvalue weighted by molar-refractivity contribution is 5.31. The number of fused-ring (bicyclic) bond motifs is 1. The molecule has 1 aromatic heterocycles. The van der Waals surface area contributed by atoms with Gasteiger partial charge in [0.05, 0.1) is 0 Å². The highest BCUT2D eigenvalue weighted by Gasteiger charge is 2.48. The molecule has 0 spiro atoms. The number of piperidine rings is 1. The van der Waals surface area contributed by atoms with Crippen LogP contribution in [0, 0.1) is 18.3 Å². The number of benzene rings is 1. The van der Waals surface area contributed by atoms with E-state index in [1.54, 1.807) is 0 Å². The largest absolute Gasteiger partial charge is 0.481 e. The van der Waals surface area contributed by atoms with Crippen molar-refractivity contribution < 1.29 is 17.9 Å². The summed E-state index contributed by atoms with van der Waals surface area (Å²) >= 11 is 0. The average Bonchev–Trinajstić information content (AvgIpc) is 3.20. The lowest BCUT2D eigenvalue weighted by atomic mass is 9.86. The predicted molar refractivity (Wildman–Crippen MR) is 106 cm³/mol. The standard InChI is InChI=1S/C21H24F3N5O/c1-2-9-30-17-7-3-5-15(10-17)12-28-8-4-6-16(13-28)18-11-19(21(22,23)24)29-20(27-18)25-14-26-29/h1,3,5,7,10,14,16,18-19H,4,6,8-9,11-13H2,(H,25,26,27)/t16?,18-,19+/m0/s1. The molecule has 1 aromatic carbocycles. The maximum atomic E-state index is 13.6. The van der Waals surface area contributed by atoms with Crippen LogP contribution in [0.4, 0.5) is 19.1 Å². The summed E-state index contributed by atoms with van der Waals surface area (Å²) in [6.45, 7) is 2.58. The highest BCUT2D eigenvalue weighted by Crippen LogP contribution is 2.41. The fourth-order valence-electron chi connectivity index (χ4n) is 4.41. The fourth-order valence-corrected chi connectivity index (χ4v) is 4.41. The molecular weight excluding hydrogens is 395 g/mol. The van der Waals surface area contributed by atoms with Crippen molar-refractivity contribution in [3.05, 3.63) is 36.2 Å². The van der Waals surface area contributed by atoms with Gasteiger partial charge in [0.25, 0.3) is 0 Å². The Kier molecular flexibility index (Phi) is 5.86. The highest BCUT2D eigenvalue weighted by atomic mass is 19.4. The summed E-state index contributed by atoms with van der Waals surface area (Å²) in [6.07, 6.45) is 3.86. The average molecular weight is 419 g/mol. The van der Waals surface area contributed by atoms with Crippen LogP contribution in [0.2, 0.25) is 0 Å². The first kappa shape index (κ1) is 20.5. The molecule has 3 heterocycles. The Bertz CT molecular complexity index is 907. The van der Waals surface area contributed by atoms with Gasteiger partial charge in [-0.15, -0.1) is 6.42 Å². The second kappa shape index (κ2) is 8.56. The molecule has 160 valence electrons. The minimum Gasteiger partial charge on any atom is -0.481 e. The van der Waals surface area contributed by atoms with E-state index in [-0.39, 0.29) is 30.9 Å². The van der Waals surface area contributed by atoms with Crippen molar-refractivity contribution in [2.24, 2.45) is 5.92 Å². The Labute approximate surface area is 173 Å². The molecular formula is C21H24F3N5O. The molecule has 2 aromatic rings. The molecule has 0 saturated carbocycles. The Morgan fingerprint density at radius 2 is 2.20 bits per heavy atom. The molecule has 1 unspecified atom stereocenters. The Balaban J connectivity index is 1.43. The van der Waals surface area contributed by atoms with Gasteiger partial charge >= 0.3 is 6.18 Å². The third-order valence-corrected chi connectivity index (χ3v) is 5.78. The number of likely N-dealkylation sites (tertiary alicyclic amines) is 1. The van der Waals surface area contributed by atoms with Crippen LogP contribution in [0.3, 0.4) is 0 Å². The number of terminal acetylenes is 1. The summed E-state index contributed by atoms with van der Waals surface area (Å²) < 4.78 is 47.2. The van der Waals surface area contributed by atoms with E-state index in [0.29, 0.717) is 0 Å². The molecule has 4 rings (SSSR count). The van der Waals surface area contributed by atoms with Crippen molar-refractivity contribution in [2.45, 2.75) is 44.1 Å². The molecule has 30 heavy (non-hydrogen) atoms. The van der Waals surface area contributed by atoms with Crippen molar-refractivity contribution >= 4 is 5.95 Å². The molecule has 9 heteroatoms. The van der Waals surface area contributed by atoms with E-state index in [2.05, 4.69) is 26.2 Å². The van der Waals surface area contributed by atoms with Gasteiger partial charge in [-0.25, -0.2) is 4.68 Å². The Morgan fingerprint density at radius 1 is 1.33 bits per heavy atom. The second-order valence-electron chi connectivity index (χ2n) is 7.85. The molecule has 0 bridgehead atoms. The van der Waals surface area contributed by atoms with Gasteiger partial charge in [0.2, 0.25) is 5.95 Å². The lowest BCUT2D eigenvalue weighted by Crippen LogP contribution is -2.47. The summed E-state index contributed by atoms with van der Waals surface area (Å²) in [6, 6.07) is 5.84. The summed E-state index contributed by atoms with van der Waals surface area (Å²) in [5.41, 5.74) is 1.09. The Hall–Kier alpha value is -2.73. The third kappa shape index (κ3) is 4.54. The molecule has 3 atom stereocenters. The fraction of sp³-hybridized carbons (Fsp3) is 0.524. The van der Waals surface area contributed by atoms with E-state index in [9.17, 15) is 13.2 Å². The summed E-state index contributed by atoms with van der Waals surface area (Å²) in [4.78, 5) is 6.28. The van der Waals surface area contributed by atoms with E-state index in [1.807, 2.05) is 24.3 Å². The number of aromatic nitrogens is 3. The molecule has 1 fully saturated rings. The molecule has 0 aliphatic carbocycles.